The van der Waals surface area contributed by atoms with Gasteiger partial charge < -0.3 is 19.9 Å². The highest BCUT2D eigenvalue weighted by Crippen LogP contribution is 2.11. The Morgan fingerprint density at radius 2 is 2.31 bits per heavy atom. The molecule has 2 heterocycles. The van der Waals surface area contributed by atoms with E-state index in [1.807, 2.05) is 13.1 Å². The first-order valence-electron chi connectivity index (χ1n) is 5.37. The maximum absolute atomic E-state index is 11.4. The number of anilines is 1. The molecule has 1 aliphatic heterocycles. The fourth-order valence-corrected chi connectivity index (χ4v) is 1.73. The number of aromatic nitrogens is 2. The minimum Gasteiger partial charge on any atom is -0.378 e. The van der Waals surface area contributed by atoms with Gasteiger partial charge in [-0.2, -0.15) is 4.98 Å². The van der Waals surface area contributed by atoms with Crippen molar-refractivity contribution in [2.24, 2.45) is 0 Å². The zero-order valence-electron chi connectivity index (χ0n) is 9.32. The maximum atomic E-state index is 11.4. The first-order chi connectivity index (χ1) is 7.79. The summed E-state index contributed by atoms with van der Waals surface area (Å²) in [7, 11) is 1.84. The Kier molecular flexibility index (Phi) is 3.53. The molecule has 1 aliphatic rings. The van der Waals surface area contributed by atoms with Crippen molar-refractivity contribution in [2.45, 2.75) is 6.54 Å². The molecule has 1 fully saturated rings. The van der Waals surface area contributed by atoms with Gasteiger partial charge >= 0.3 is 5.69 Å². The van der Waals surface area contributed by atoms with Crippen molar-refractivity contribution in [2.75, 3.05) is 38.3 Å². The first kappa shape index (κ1) is 11.1. The minimum atomic E-state index is -0.297. The molecule has 0 aromatic carbocycles. The lowest BCUT2D eigenvalue weighted by molar-refractivity contribution is 0.122. The highest BCUT2D eigenvalue weighted by Gasteiger charge is 2.13. The molecule has 88 valence electrons. The summed E-state index contributed by atoms with van der Waals surface area (Å²) in [6.45, 7) is 3.59. The van der Waals surface area contributed by atoms with Crippen LogP contribution in [0.25, 0.3) is 0 Å². The molecule has 0 atom stereocenters. The van der Waals surface area contributed by atoms with Gasteiger partial charge in [-0.1, -0.05) is 0 Å². The number of aromatic amines is 1. The third-order valence-corrected chi connectivity index (χ3v) is 2.49. The standard InChI is InChI=1S/C10H16N4O2/c1-11-7-8-6-9(13-10(15)12-8)14-2-4-16-5-3-14/h6,11H,2-5,7H2,1H3,(H,12,13,15). The third kappa shape index (κ3) is 2.59. The number of hydrogen-bond acceptors (Lipinski definition) is 5. The molecule has 6 heteroatoms. The van der Waals surface area contributed by atoms with Gasteiger partial charge in [0.15, 0.2) is 0 Å². The summed E-state index contributed by atoms with van der Waals surface area (Å²) in [5.74, 6) is 0.734. The number of hydrogen-bond donors (Lipinski definition) is 2. The number of rotatable bonds is 3. The van der Waals surface area contributed by atoms with Crippen LogP contribution in [0.3, 0.4) is 0 Å². The summed E-state index contributed by atoms with van der Waals surface area (Å²) in [6.07, 6.45) is 0. The first-order valence-corrected chi connectivity index (χ1v) is 5.37. The lowest BCUT2D eigenvalue weighted by atomic mass is 10.3. The molecule has 2 N–H and O–H groups in total. The lowest BCUT2D eigenvalue weighted by Gasteiger charge is -2.27. The van der Waals surface area contributed by atoms with E-state index in [9.17, 15) is 4.79 Å². The van der Waals surface area contributed by atoms with Crippen molar-refractivity contribution >= 4 is 5.82 Å². The maximum Gasteiger partial charge on any atom is 0.347 e. The van der Waals surface area contributed by atoms with Crippen LogP contribution in [-0.4, -0.2) is 43.3 Å². The summed E-state index contributed by atoms with van der Waals surface area (Å²) >= 11 is 0. The van der Waals surface area contributed by atoms with Gasteiger partial charge in [0.25, 0.3) is 0 Å². The predicted molar refractivity (Wildman–Crippen MR) is 60.7 cm³/mol. The van der Waals surface area contributed by atoms with Gasteiger partial charge in [0.2, 0.25) is 0 Å². The summed E-state index contributed by atoms with van der Waals surface area (Å²) in [6, 6.07) is 1.91. The van der Waals surface area contributed by atoms with E-state index in [-0.39, 0.29) is 5.69 Å². The molecule has 0 bridgehead atoms. The Labute approximate surface area is 93.6 Å². The van der Waals surface area contributed by atoms with Crippen LogP contribution in [0.2, 0.25) is 0 Å². The highest BCUT2D eigenvalue weighted by molar-refractivity contribution is 5.39. The van der Waals surface area contributed by atoms with Gasteiger partial charge in [-0.05, 0) is 7.05 Å². The van der Waals surface area contributed by atoms with E-state index in [0.717, 1.165) is 24.6 Å². The molecular formula is C10H16N4O2. The van der Waals surface area contributed by atoms with Gasteiger partial charge in [0.1, 0.15) is 5.82 Å². The molecule has 6 nitrogen and oxygen atoms in total. The summed E-state index contributed by atoms with van der Waals surface area (Å²) in [5, 5.41) is 3.00. The lowest BCUT2D eigenvalue weighted by Crippen LogP contribution is -2.38. The number of morpholine rings is 1. The molecule has 1 aromatic heterocycles. The number of H-pyrrole nitrogens is 1. The molecule has 2 rings (SSSR count). The Hall–Kier alpha value is -1.40. The average Bonchev–Trinajstić information content (AvgIpc) is 2.30. The monoisotopic (exact) mass is 224 g/mol. The second-order valence-electron chi connectivity index (χ2n) is 3.70. The molecule has 0 radical (unpaired) electrons. The Bertz CT molecular complexity index is 398. The van der Waals surface area contributed by atoms with Crippen molar-refractivity contribution in [3.05, 3.63) is 22.2 Å². The third-order valence-electron chi connectivity index (χ3n) is 2.49. The SMILES string of the molecule is CNCc1cc(N2CCOCC2)nc(=O)[nH]1. The van der Waals surface area contributed by atoms with Crippen molar-refractivity contribution in [3.63, 3.8) is 0 Å². The molecule has 0 spiro atoms. The number of nitrogens with one attached hydrogen (secondary N) is 2. The number of nitrogens with zero attached hydrogens (tertiary/aromatic N) is 2. The van der Waals surface area contributed by atoms with E-state index in [2.05, 4.69) is 20.2 Å². The smallest absolute Gasteiger partial charge is 0.347 e. The Morgan fingerprint density at radius 1 is 1.56 bits per heavy atom. The summed E-state index contributed by atoms with van der Waals surface area (Å²) in [5.41, 5.74) is 0.554. The van der Waals surface area contributed by atoms with Gasteiger partial charge in [-0.3, -0.25) is 0 Å². The summed E-state index contributed by atoms with van der Waals surface area (Å²) < 4.78 is 5.26. The Morgan fingerprint density at radius 3 is 3.00 bits per heavy atom. The summed E-state index contributed by atoms with van der Waals surface area (Å²) in [4.78, 5) is 20.1. The van der Waals surface area contributed by atoms with Crippen molar-refractivity contribution in [1.29, 1.82) is 0 Å². The minimum absolute atomic E-state index is 0.297. The second-order valence-corrected chi connectivity index (χ2v) is 3.70. The quantitative estimate of drug-likeness (QED) is 0.712. The van der Waals surface area contributed by atoms with Gasteiger partial charge in [-0.15, -0.1) is 0 Å². The van der Waals surface area contributed by atoms with E-state index in [0.29, 0.717) is 19.8 Å². The average molecular weight is 224 g/mol. The molecule has 1 saturated heterocycles. The van der Waals surface area contributed by atoms with Crippen LogP contribution in [0.15, 0.2) is 10.9 Å². The fraction of sp³-hybridized carbons (Fsp3) is 0.600. The van der Waals surface area contributed by atoms with Crippen LogP contribution in [0, 0.1) is 0 Å². The molecular weight excluding hydrogens is 208 g/mol. The molecule has 0 amide bonds. The fourth-order valence-electron chi connectivity index (χ4n) is 1.73. The van der Waals surface area contributed by atoms with E-state index in [1.54, 1.807) is 0 Å². The number of ether oxygens (including phenoxy) is 1. The van der Waals surface area contributed by atoms with Crippen LogP contribution >= 0.6 is 0 Å². The molecule has 16 heavy (non-hydrogen) atoms. The molecule has 0 saturated carbocycles. The molecule has 0 unspecified atom stereocenters. The molecule has 0 aliphatic carbocycles. The predicted octanol–water partition coefficient (Wildman–Crippen LogP) is -0.674. The normalized spacial score (nSPS) is 16.4. The van der Waals surface area contributed by atoms with Crippen LogP contribution in [0.4, 0.5) is 5.82 Å². The second kappa shape index (κ2) is 5.09. The van der Waals surface area contributed by atoms with Gasteiger partial charge in [0.05, 0.1) is 13.2 Å². The van der Waals surface area contributed by atoms with Crippen molar-refractivity contribution in [1.82, 2.24) is 15.3 Å². The van der Waals surface area contributed by atoms with E-state index >= 15 is 0 Å². The zero-order valence-corrected chi connectivity index (χ0v) is 9.32. The Balaban J connectivity index is 2.21. The van der Waals surface area contributed by atoms with E-state index in [4.69, 9.17) is 4.74 Å². The van der Waals surface area contributed by atoms with E-state index < -0.39 is 0 Å². The van der Waals surface area contributed by atoms with Crippen LogP contribution < -0.4 is 15.9 Å². The molecule has 1 aromatic rings. The zero-order chi connectivity index (χ0) is 11.4. The van der Waals surface area contributed by atoms with Crippen molar-refractivity contribution < 1.29 is 4.74 Å². The highest BCUT2D eigenvalue weighted by atomic mass is 16.5. The van der Waals surface area contributed by atoms with Crippen LogP contribution in [-0.2, 0) is 11.3 Å². The van der Waals surface area contributed by atoms with Crippen LogP contribution in [0.5, 0.6) is 0 Å². The largest absolute Gasteiger partial charge is 0.378 e. The topological polar surface area (TPSA) is 70.2 Å². The van der Waals surface area contributed by atoms with Gasteiger partial charge in [-0.25, -0.2) is 4.79 Å². The van der Waals surface area contributed by atoms with Crippen LogP contribution in [0.1, 0.15) is 5.69 Å². The van der Waals surface area contributed by atoms with E-state index in [1.165, 1.54) is 0 Å². The van der Waals surface area contributed by atoms with Gasteiger partial charge in [0, 0.05) is 31.4 Å². The van der Waals surface area contributed by atoms with Crippen molar-refractivity contribution in [3.8, 4) is 0 Å².